The zero-order valence-electron chi connectivity index (χ0n) is 18.3. The highest BCUT2D eigenvalue weighted by molar-refractivity contribution is 9.09. The molecule has 29 heavy (non-hydrogen) atoms. The summed E-state index contributed by atoms with van der Waals surface area (Å²) in [5.41, 5.74) is 0. The van der Waals surface area contributed by atoms with Crippen LogP contribution in [0.4, 0.5) is 0 Å². The Balaban J connectivity index is 2.14. The van der Waals surface area contributed by atoms with Crippen molar-refractivity contribution in [3.8, 4) is 0 Å². The molecule has 1 aliphatic rings. The maximum Gasteiger partial charge on any atom is 0.330 e. The van der Waals surface area contributed by atoms with E-state index in [9.17, 15) is 9.59 Å². The van der Waals surface area contributed by atoms with E-state index in [0.29, 0.717) is 5.33 Å². The van der Waals surface area contributed by atoms with Gasteiger partial charge in [0.1, 0.15) is 12.2 Å². The molecule has 0 radical (unpaired) electrons. The molecular formula is C22H37BrO6. The Labute approximate surface area is 183 Å². The molecule has 0 unspecified atom stereocenters. The van der Waals surface area contributed by atoms with Gasteiger partial charge in [0.2, 0.25) is 0 Å². The largest absolute Gasteiger partial charge is 0.466 e. The summed E-state index contributed by atoms with van der Waals surface area (Å²) in [5.74, 6) is -1.22. The average molecular weight is 477 g/mol. The topological polar surface area (TPSA) is 71.1 Å². The summed E-state index contributed by atoms with van der Waals surface area (Å²) in [5, 5.41) is 0.701. The molecule has 1 fully saturated rings. The number of rotatable bonds is 14. The van der Waals surface area contributed by atoms with Gasteiger partial charge in [0.15, 0.2) is 5.79 Å². The summed E-state index contributed by atoms with van der Waals surface area (Å²) in [6.07, 6.45) is 12.8. The molecule has 0 aliphatic carbocycles. The highest BCUT2D eigenvalue weighted by atomic mass is 79.9. The Bertz CT molecular complexity index is 519. The van der Waals surface area contributed by atoms with E-state index in [0.717, 1.165) is 32.1 Å². The van der Waals surface area contributed by atoms with E-state index in [1.54, 1.807) is 6.08 Å². The standard InChI is InChI=1S/C22H37BrO6/c1-17(24)27-18(16-23)12-10-8-6-5-7-9-11-13-19-20(14-15-21(25)26-4)29-22(2,3)28-19/h14-15,18-20H,5-13,16H2,1-4H3/b15-14+/t18-,19-,20-/m0/s1. The molecule has 1 saturated heterocycles. The number of unbranched alkanes of at least 4 members (excludes halogenated alkanes) is 6. The number of hydrogen-bond acceptors (Lipinski definition) is 6. The van der Waals surface area contributed by atoms with Crippen LogP contribution in [0.3, 0.4) is 0 Å². The van der Waals surface area contributed by atoms with Gasteiger partial charge in [-0.15, -0.1) is 0 Å². The van der Waals surface area contributed by atoms with E-state index in [1.807, 2.05) is 13.8 Å². The molecule has 0 aromatic heterocycles. The number of carbonyl (C=O) groups excluding carboxylic acids is 2. The normalized spacial score (nSPS) is 22.0. The van der Waals surface area contributed by atoms with Gasteiger partial charge in [0, 0.05) is 18.3 Å². The van der Waals surface area contributed by atoms with Crippen LogP contribution in [-0.4, -0.2) is 48.5 Å². The van der Waals surface area contributed by atoms with Crippen molar-refractivity contribution in [1.82, 2.24) is 0 Å². The van der Waals surface area contributed by atoms with Crippen molar-refractivity contribution in [3.05, 3.63) is 12.2 Å². The predicted molar refractivity (Wildman–Crippen MR) is 116 cm³/mol. The summed E-state index contributed by atoms with van der Waals surface area (Å²) in [6, 6.07) is 0. The first-order valence-electron chi connectivity index (χ1n) is 10.6. The van der Waals surface area contributed by atoms with Gasteiger partial charge >= 0.3 is 11.9 Å². The van der Waals surface area contributed by atoms with E-state index in [4.69, 9.17) is 14.2 Å². The number of alkyl halides is 1. The van der Waals surface area contributed by atoms with E-state index in [2.05, 4.69) is 20.7 Å². The molecule has 1 heterocycles. The van der Waals surface area contributed by atoms with Gasteiger partial charge < -0.3 is 18.9 Å². The molecule has 0 aromatic rings. The Morgan fingerprint density at radius 1 is 1.07 bits per heavy atom. The van der Waals surface area contributed by atoms with E-state index in [-0.39, 0.29) is 30.3 Å². The van der Waals surface area contributed by atoms with Gasteiger partial charge in [-0.05, 0) is 39.2 Å². The van der Waals surface area contributed by atoms with Gasteiger partial charge in [-0.25, -0.2) is 4.79 Å². The van der Waals surface area contributed by atoms with Crippen molar-refractivity contribution in [1.29, 1.82) is 0 Å². The first-order chi connectivity index (χ1) is 13.8. The molecule has 1 rings (SSSR count). The predicted octanol–water partition coefficient (Wildman–Crippen LogP) is 5.07. The third-order valence-electron chi connectivity index (χ3n) is 4.86. The van der Waals surface area contributed by atoms with E-state index >= 15 is 0 Å². The Kier molecular flexibility index (Phi) is 12.7. The molecule has 3 atom stereocenters. The Hall–Kier alpha value is -0.920. The molecule has 0 spiro atoms. The monoisotopic (exact) mass is 476 g/mol. The third-order valence-corrected chi connectivity index (χ3v) is 5.59. The number of halogens is 1. The smallest absolute Gasteiger partial charge is 0.330 e. The first-order valence-corrected chi connectivity index (χ1v) is 11.7. The second-order valence-electron chi connectivity index (χ2n) is 7.96. The van der Waals surface area contributed by atoms with Crippen molar-refractivity contribution < 1.29 is 28.5 Å². The quantitative estimate of drug-likeness (QED) is 0.151. The van der Waals surface area contributed by atoms with Crippen LogP contribution in [0, 0.1) is 0 Å². The van der Waals surface area contributed by atoms with E-state index < -0.39 is 5.79 Å². The third kappa shape index (κ3) is 11.7. The summed E-state index contributed by atoms with van der Waals surface area (Å²) < 4.78 is 21.7. The van der Waals surface area contributed by atoms with Crippen LogP contribution in [0.25, 0.3) is 0 Å². The van der Waals surface area contributed by atoms with Gasteiger partial charge in [-0.2, -0.15) is 0 Å². The molecule has 0 amide bonds. The van der Waals surface area contributed by atoms with Gasteiger partial charge in [0.05, 0.1) is 13.2 Å². The van der Waals surface area contributed by atoms with Crippen LogP contribution < -0.4 is 0 Å². The molecule has 168 valence electrons. The van der Waals surface area contributed by atoms with Crippen LogP contribution in [0.2, 0.25) is 0 Å². The zero-order valence-corrected chi connectivity index (χ0v) is 19.9. The fourth-order valence-electron chi connectivity index (χ4n) is 3.49. The number of ether oxygens (including phenoxy) is 4. The van der Waals surface area contributed by atoms with Crippen molar-refractivity contribution in [2.24, 2.45) is 0 Å². The fourth-order valence-corrected chi connectivity index (χ4v) is 3.95. The fraction of sp³-hybridized carbons (Fsp3) is 0.818. The second-order valence-corrected chi connectivity index (χ2v) is 8.61. The van der Waals surface area contributed by atoms with Crippen LogP contribution in [0.15, 0.2) is 12.2 Å². The average Bonchev–Trinajstić information content (AvgIpc) is 2.96. The maximum atomic E-state index is 11.3. The molecular weight excluding hydrogens is 440 g/mol. The van der Waals surface area contributed by atoms with Crippen molar-refractivity contribution in [2.75, 3.05) is 12.4 Å². The molecule has 0 N–H and O–H groups in total. The Morgan fingerprint density at radius 3 is 2.28 bits per heavy atom. The molecule has 0 bridgehead atoms. The molecule has 0 saturated carbocycles. The van der Waals surface area contributed by atoms with Gasteiger partial charge in [0.25, 0.3) is 0 Å². The minimum atomic E-state index is -0.630. The van der Waals surface area contributed by atoms with Crippen molar-refractivity contribution in [3.63, 3.8) is 0 Å². The van der Waals surface area contributed by atoms with Crippen LogP contribution in [0.5, 0.6) is 0 Å². The molecule has 6 nitrogen and oxygen atoms in total. The number of hydrogen-bond donors (Lipinski definition) is 0. The maximum absolute atomic E-state index is 11.3. The summed E-state index contributed by atoms with van der Waals surface area (Å²) >= 11 is 3.39. The first kappa shape index (κ1) is 26.1. The highest BCUT2D eigenvalue weighted by Gasteiger charge is 2.39. The van der Waals surface area contributed by atoms with Gasteiger partial charge in [-0.3, -0.25) is 4.79 Å². The second kappa shape index (κ2) is 14.1. The van der Waals surface area contributed by atoms with Crippen molar-refractivity contribution >= 4 is 27.9 Å². The zero-order chi connectivity index (χ0) is 21.7. The van der Waals surface area contributed by atoms with Gasteiger partial charge in [-0.1, -0.05) is 54.5 Å². The Morgan fingerprint density at radius 2 is 1.69 bits per heavy atom. The van der Waals surface area contributed by atoms with E-state index in [1.165, 1.54) is 45.8 Å². The number of carbonyl (C=O) groups is 2. The summed E-state index contributed by atoms with van der Waals surface area (Å²) in [6.45, 7) is 5.25. The number of esters is 2. The van der Waals surface area contributed by atoms with Crippen LogP contribution >= 0.6 is 15.9 Å². The van der Waals surface area contributed by atoms with Crippen LogP contribution in [0.1, 0.15) is 78.6 Å². The molecule has 7 heteroatoms. The SMILES string of the molecule is COC(=O)/C=C/[C@@H]1OC(C)(C)O[C@H]1CCCCCCCCC[C@@H](CBr)OC(C)=O. The summed E-state index contributed by atoms with van der Waals surface area (Å²) in [4.78, 5) is 22.3. The number of methoxy groups -OCH3 is 1. The summed E-state index contributed by atoms with van der Waals surface area (Å²) in [7, 11) is 1.36. The minimum absolute atomic E-state index is 0.00782. The molecule has 1 aliphatic heterocycles. The lowest BCUT2D eigenvalue weighted by Crippen LogP contribution is -2.21. The minimum Gasteiger partial charge on any atom is -0.466 e. The lowest BCUT2D eigenvalue weighted by Gasteiger charge is -2.16. The molecule has 0 aromatic carbocycles. The highest BCUT2D eigenvalue weighted by Crippen LogP contribution is 2.31. The van der Waals surface area contributed by atoms with Crippen LogP contribution in [-0.2, 0) is 28.5 Å². The van der Waals surface area contributed by atoms with Crippen molar-refractivity contribution in [2.45, 2.75) is 103 Å². The lowest BCUT2D eigenvalue weighted by atomic mass is 10.0. The lowest BCUT2D eigenvalue weighted by molar-refractivity contribution is -0.145.